The van der Waals surface area contributed by atoms with Gasteiger partial charge in [-0.3, -0.25) is 4.79 Å². The maximum atomic E-state index is 12.5. The number of carbonyl (C=O) groups excluding carboxylic acids is 1. The second kappa shape index (κ2) is 7.37. The summed E-state index contributed by atoms with van der Waals surface area (Å²) < 4.78 is 2.16. The van der Waals surface area contributed by atoms with Crippen LogP contribution in [-0.4, -0.2) is 34.5 Å². The predicted octanol–water partition coefficient (Wildman–Crippen LogP) is 2.88. The normalized spacial score (nSPS) is 15.7. The maximum Gasteiger partial charge on any atom is 0.242 e. The van der Waals surface area contributed by atoms with E-state index in [0.29, 0.717) is 6.54 Å². The van der Waals surface area contributed by atoms with E-state index in [1.807, 2.05) is 17.9 Å². The number of amides is 1. The number of aromatic nitrogens is 1. The molecule has 2 aromatic rings. The van der Waals surface area contributed by atoms with E-state index in [4.69, 9.17) is 5.73 Å². The van der Waals surface area contributed by atoms with Gasteiger partial charge in [-0.1, -0.05) is 18.2 Å². The number of para-hydroxylation sites is 1. The van der Waals surface area contributed by atoms with Crippen LogP contribution in [0.5, 0.6) is 0 Å². The van der Waals surface area contributed by atoms with Crippen LogP contribution in [-0.2, 0) is 17.8 Å². The highest BCUT2D eigenvalue weighted by molar-refractivity contribution is 5.87. The second-order valence-corrected chi connectivity index (χ2v) is 6.44. The molecule has 1 amide bonds. The Morgan fingerprint density at radius 1 is 1.26 bits per heavy atom. The first-order valence-corrected chi connectivity index (χ1v) is 8.18. The summed E-state index contributed by atoms with van der Waals surface area (Å²) in [5.41, 5.74) is 9.60. The highest BCUT2D eigenvalue weighted by Crippen LogP contribution is 2.27. The van der Waals surface area contributed by atoms with E-state index in [9.17, 15) is 4.79 Å². The molecule has 126 valence electrons. The monoisotopic (exact) mass is 335 g/mol. The van der Waals surface area contributed by atoms with Crippen molar-refractivity contribution in [1.82, 2.24) is 9.47 Å². The Hall–Kier alpha value is -1.52. The molecule has 1 atom stereocenters. The molecule has 1 fully saturated rings. The van der Waals surface area contributed by atoms with Crippen molar-refractivity contribution < 1.29 is 4.79 Å². The summed E-state index contributed by atoms with van der Waals surface area (Å²) in [5, 5.41) is 1.23. The van der Waals surface area contributed by atoms with Crippen molar-refractivity contribution >= 4 is 29.2 Å². The van der Waals surface area contributed by atoms with Gasteiger partial charge in [0.25, 0.3) is 0 Å². The van der Waals surface area contributed by atoms with Gasteiger partial charge in [-0.05, 0) is 44.7 Å². The van der Waals surface area contributed by atoms with Gasteiger partial charge in [-0.25, -0.2) is 0 Å². The Balaban J connectivity index is 0.00000192. The zero-order chi connectivity index (χ0) is 15.7. The van der Waals surface area contributed by atoms with Crippen molar-refractivity contribution in [2.24, 2.45) is 5.73 Å². The molecule has 4 nitrogen and oxygen atoms in total. The molecule has 1 saturated heterocycles. The predicted molar refractivity (Wildman–Crippen MR) is 97.1 cm³/mol. The SMILES string of the molecule is Cc1c(CC(C)N)c2ccccc2n1CC(=O)N1CCCC1.Cl. The lowest BCUT2D eigenvalue weighted by molar-refractivity contribution is -0.130. The van der Waals surface area contributed by atoms with E-state index in [1.54, 1.807) is 0 Å². The van der Waals surface area contributed by atoms with Crippen molar-refractivity contribution in [3.05, 3.63) is 35.5 Å². The lowest BCUT2D eigenvalue weighted by Crippen LogP contribution is -2.31. The average molecular weight is 336 g/mol. The Morgan fingerprint density at radius 2 is 1.91 bits per heavy atom. The van der Waals surface area contributed by atoms with Gasteiger partial charge in [0.05, 0.1) is 0 Å². The first kappa shape index (κ1) is 17.8. The van der Waals surface area contributed by atoms with Crippen molar-refractivity contribution in [1.29, 1.82) is 0 Å². The molecule has 2 N–H and O–H groups in total. The fraction of sp³-hybridized carbons (Fsp3) is 0.500. The molecule has 1 aromatic heterocycles. The molecule has 0 saturated carbocycles. The first-order chi connectivity index (χ1) is 10.6. The molecule has 0 aliphatic carbocycles. The molecule has 23 heavy (non-hydrogen) atoms. The average Bonchev–Trinajstić information content (AvgIpc) is 3.10. The number of likely N-dealkylation sites (tertiary alicyclic amines) is 1. The zero-order valence-corrected chi connectivity index (χ0v) is 14.7. The third-order valence-electron chi connectivity index (χ3n) is 4.64. The minimum Gasteiger partial charge on any atom is -0.341 e. The van der Waals surface area contributed by atoms with Crippen LogP contribution < -0.4 is 5.73 Å². The quantitative estimate of drug-likeness (QED) is 0.934. The van der Waals surface area contributed by atoms with E-state index in [0.717, 1.165) is 37.9 Å². The molecule has 5 heteroatoms. The molecule has 1 unspecified atom stereocenters. The minimum absolute atomic E-state index is 0. The first-order valence-electron chi connectivity index (χ1n) is 8.18. The summed E-state index contributed by atoms with van der Waals surface area (Å²) in [6.45, 7) is 6.38. The Bertz CT molecular complexity index is 687. The van der Waals surface area contributed by atoms with E-state index in [1.165, 1.54) is 16.6 Å². The molecule has 1 aromatic carbocycles. The fourth-order valence-corrected chi connectivity index (χ4v) is 3.49. The lowest BCUT2D eigenvalue weighted by Gasteiger charge is -2.17. The van der Waals surface area contributed by atoms with Gasteiger partial charge >= 0.3 is 0 Å². The van der Waals surface area contributed by atoms with Crippen LogP contribution in [0.25, 0.3) is 10.9 Å². The molecule has 1 aliphatic heterocycles. The summed E-state index contributed by atoms with van der Waals surface area (Å²) in [7, 11) is 0. The largest absolute Gasteiger partial charge is 0.341 e. The maximum absolute atomic E-state index is 12.5. The van der Waals surface area contributed by atoms with E-state index in [-0.39, 0.29) is 24.4 Å². The topological polar surface area (TPSA) is 51.3 Å². The van der Waals surface area contributed by atoms with Gasteiger partial charge in [0.1, 0.15) is 6.54 Å². The van der Waals surface area contributed by atoms with Crippen LogP contribution in [0.2, 0.25) is 0 Å². The van der Waals surface area contributed by atoms with E-state index >= 15 is 0 Å². The minimum atomic E-state index is 0. The van der Waals surface area contributed by atoms with Gasteiger partial charge < -0.3 is 15.2 Å². The molecular weight excluding hydrogens is 310 g/mol. The summed E-state index contributed by atoms with van der Waals surface area (Å²) in [6, 6.07) is 8.45. The van der Waals surface area contributed by atoms with E-state index in [2.05, 4.69) is 29.7 Å². The molecule has 0 radical (unpaired) electrons. The summed E-state index contributed by atoms with van der Waals surface area (Å²) >= 11 is 0. The Morgan fingerprint density at radius 3 is 2.57 bits per heavy atom. The second-order valence-electron chi connectivity index (χ2n) is 6.44. The third kappa shape index (κ3) is 3.54. The summed E-state index contributed by atoms with van der Waals surface area (Å²) in [6.07, 6.45) is 3.11. The fourth-order valence-electron chi connectivity index (χ4n) is 3.49. The van der Waals surface area contributed by atoms with Crippen LogP contribution in [0.3, 0.4) is 0 Å². The Kier molecular flexibility index (Phi) is 5.71. The number of fused-ring (bicyclic) bond motifs is 1. The van der Waals surface area contributed by atoms with Crippen LogP contribution >= 0.6 is 12.4 Å². The molecule has 1 aliphatic rings. The molecule has 3 rings (SSSR count). The molecule has 0 bridgehead atoms. The van der Waals surface area contributed by atoms with Crippen LogP contribution in [0.1, 0.15) is 31.0 Å². The number of halogens is 1. The van der Waals surface area contributed by atoms with Crippen molar-refractivity contribution in [2.75, 3.05) is 13.1 Å². The van der Waals surface area contributed by atoms with Crippen molar-refractivity contribution in [3.63, 3.8) is 0 Å². The van der Waals surface area contributed by atoms with Crippen molar-refractivity contribution in [2.45, 2.75) is 45.7 Å². The number of rotatable bonds is 4. The van der Waals surface area contributed by atoms with Gasteiger partial charge in [-0.2, -0.15) is 0 Å². The van der Waals surface area contributed by atoms with Crippen molar-refractivity contribution in [3.8, 4) is 0 Å². The van der Waals surface area contributed by atoms with Gasteiger partial charge in [0.2, 0.25) is 5.91 Å². The molecule has 2 heterocycles. The number of nitrogens with two attached hydrogens (primary N) is 1. The van der Waals surface area contributed by atoms with Gasteiger partial charge in [0, 0.05) is 35.7 Å². The van der Waals surface area contributed by atoms with Crippen LogP contribution in [0.4, 0.5) is 0 Å². The number of benzene rings is 1. The lowest BCUT2D eigenvalue weighted by atomic mass is 10.0. The number of hydrogen-bond acceptors (Lipinski definition) is 2. The highest BCUT2D eigenvalue weighted by Gasteiger charge is 2.21. The number of carbonyl (C=O) groups is 1. The zero-order valence-electron chi connectivity index (χ0n) is 13.9. The van der Waals surface area contributed by atoms with E-state index < -0.39 is 0 Å². The Labute approximate surface area is 144 Å². The molecular formula is C18H26ClN3O. The third-order valence-corrected chi connectivity index (χ3v) is 4.64. The molecule has 0 spiro atoms. The van der Waals surface area contributed by atoms with Gasteiger partial charge in [0.15, 0.2) is 0 Å². The standard InChI is InChI=1S/C18H25N3O.ClH/c1-13(19)11-16-14(2)21(17-8-4-3-7-15(16)17)12-18(22)20-9-5-6-10-20;/h3-4,7-8,13H,5-6,9-12,19H2,1-2H3;1H. The smallest absolute Gasteiger partial charge is 0.242 e. The van der Waals surface area contributed by atoms with Gasteiger partial charge in [-0.15, -0.1) is 12.4 Å². The number of nitrogens with zero attached hydrogens (tertiary/aromatic N) is 2. The highest BCUT2D eigenvalue weighted by atomic mass is 35.5. The summed E-state index contributed by atoms with van der Waals surface area (Å²) in [4.78, 5) is 14.5. The van der Waals surface area contributed by atoms with Crippen LogP contribution in [0, 0.1) is 6.92 Å². The number of hydrogen-bond donors (Lipinski definition) is 1. The van der Waals surface area contributed by atoms with Crippen LogP contribution in [0.15, 0.2) is 24.3 Å². The summed E-state index contributed by atoms with van der Waals surface area (Å²) in [5.74, 6) is 0.230.